The number of amides is 1. The summed E-state index contributed by atoms with van der Waals surface area (Å²) in [5.41, 5.74) is 1.94. The van der Waals surface area contributed by atoms with E-state index in [0.29, 0.717) is 6.61 Å². The van der Waals surface area contributed by atoms with Gasteiger partial charge in [-0.3, -0.25) is 0 Å². The van der Waals surface area contributed by atoms with Gasteiger partial charge in [0, 0.05) is 0 Å². The van der Waals surface area contributed by atoms with E-state index >= 15 is 0 Å². The lowest BCUT2D eigenvalue weighted by atomic mass is 10.1. The third-order valence-corrected chi connectivity index (χ3v) is 3.17. The molecule has 2 N–H and O–H groups in total. The highest BCUT2D eigenvalue weighted by Crippen LogP contribution is 2.16. The highest BCUT2D eigenvalue weighted by atomic mass is 16.5. The van der Waals surface area contributed by atoms with Crippen molar-refractivity contribution in [2.45, 2.75) is 25.8 Å². The van der Waals surface area contributed by atoms with Crippen molar-refractivity contribution in [3.05, 3.63) is 53.6 Å². The third-order valence-electron chi connectivity index (χ3n) is 3.17. The standard InChI is InChI=1S/C16H19NO3/c1-12(14-7-9-15(18)10-8-14)17-16(19)20-11-13-5-3-2-4-6-13/h3,5-10,12,18H,2,4,11H2,1H3,(H,17,19). The molecule has 1 aromatic rings. The fourth-order valence-electron chi connectivity index (χ4n) is 1.99. The van der Waals surface area contributed by atoms with Crippen LogP contribution in [0.1, 0.15) is 31.4 Å². The molecule has 2 rings (SSSR count). The maximum Gasteiger partial charge on any atom is 0.407 e. The van der Waals surface area contributed by atoms with Gasteiger partial charge < -0.3 is 15.2 Å². The van der Waals surface area contributed by atoms with Gasteiger partial charge in [0.05, 0.1) is 6.04 Å². The molecule has 1 aromatic carbocycles. The Bertz CT molecular complexity index is 517. The topological polar surface area (TPSA) is 58.6 Å². The molecule has 1 amide bonds. The van der Waals surface area contributed by atoms with Gasteiger partial charge in [-0.05, 0) is 43.0 Å². The molecule has 0 bridgehead atoms. The number of nitrogens with one attached hydrogen (secondary N) is 1. The van der Waals surface area contributed by atoms with Crippen molar-refractivity contribution in [2.75, 3.05) is 6.61 Å². The Labute approximate surface area is 118 Å². The summed E-state index contributed by atoms with van der Waals surface area (Å²) in [6.45, 7) is 2.16. The number of hydrogen-bond acceptors (Lipinski definition) is 3. The van der Waals surface area contributed by atoms with Crippen molar-refractivity contribution in [1.82, 2.24) is 5.32 Å². The zero-order chi connectivity index (χ0) is 14.4. The van der Waals surface area contributed by atoms with Gasteiger partial charge in [0.2, 0.25) is 0 Å². The Morgan fingerprint density at radius 1 is 1.35 bits per heavy atom. The average Bonchev–Trinajstić information content (AvgIpc) is 2.47. The lowest BCUT2D eigenvalue weighted by Crippen LogP contribution is -2.27. The van der Waals surface area contributed by atoms with Crippen molar-refractivity contribution < 1.29 is 14.6 Å². The highest BCUT2D eigenvalue weighted by molar-refractivity contribution is 5.68. The van der Waals surface area contributed by atoms with Crippen molar-refractivity contribution >= 4 is 6.09 Å². The molecule has 1 aliphatic carbocycles. The fraction of sp³-hybridized carbons (Fsp3) is 0.312. The van der Waals surface area contributed by atoms with Gasteiger partial charge in [0.15, 0.2) is 0 Å². The second-order valence-corrected chi connectivity index (χ2v) is 4.79. The minimum atomic E-state index is -0.439. The number of aromatic hydroxyl groups is 1. The zero-order valence-corrected chi connectivity index (χ0v) is 11.5. The molecule has 0 saturated heterocycles. The van der Waals surface area contributed by atoms with Gasteiger partial charge in [-0.15, -0.1) is 0 Å². The SMILES string of the molecule is CC(NC(=O)OCC1=CCCC=C1)c1ccc(O)cc1. The molecule has 1 aliphatic rings. The lowest BCUT2D eigenvalue weighted by Gasteiger charge is -2.15. The maximum absolute atomic E-state index is 11.7. The summed E-state index contributed by atoms with van der Waals surface area (Å²) in [6, 6.07) is 6.56. The molecule has 0 heterocycles. The summed E-state index contributed by atoms with van der Waals surface area (Å²) in [4.78, 5) is 11.7. The van der Waals surface area contributed by atoms with Crippen LogP contribution in [-0.4, -0.2) is 17.8 Å². The summed E-state index contributed by atoms with van der Waals surface area (Å²) in [5, 5.41) is 12.0. The number of benzene rings is 1. The van der Waals surface area contributed by atoms with Gasteiger partial charge in [0.1, 0.15) is 12.4 Å². The summed E-state index contributed by atoms with van der Waals surface area (Å²) in [6.07, 6.45) is 7.76. The number of hydrogen-bond donors (Lipinski definition) is 2. The van der Waals surface area contributed by atoms with Gasteiger partial charge in [-0.1, -0.05) is 30.4 Å². The second-order valence-electron chi connectivity index (χ2n) is 4.79. The van der Waals surface area contributed by atoms with E-state index in [1.165, 1.54) is 0 Å². The van der Waals surface area contributed by atoms with Crippen LogP contribution in [0.5, 0.6) is 5.75 Å². The number of rotatable bonds is 4. The molecule has 1 atom stereocenters. The second kappa shape index (κ2) is 6.80. The Hall–Kier alpha value is -2.23. The summed E-state index contributed by atoms with van der Waals surface area (Å²) in [7, 11) is 0. The Kier molecular flexibility index (Phi) is 4.82. The molecule has 4 heteroatoms. The molecule has 20 heavy (non-hydrogen) atoms. The average molecular weight is 273 g/mol. The van der Waals surface area contributed by atoms with Crippen molar-refractivity contribution in [1.29, 1.82) is 0 Å². The van der Waals surface area contributed by atoms with E-state index in [1.807, 2.05) is 13.0 Å². The predicted molar refractivity (Wildman–Crippen MR) is 77.5 cm³/mol. The molecule has 106 valence electrons. The normalized spacial score (nSPS) is 15.3. The lowest BCUT2D eigenvalue weighted by molar-refractivity contribution is 0.153. The van der Waals surface area contributed by atoms with Gasteiger partial charge in [-0.2, -0.15) is 0 Å². The molecule has 0 radical (unpaired) electrons. The summed E-state index contributed by atoms with van der Waals surface area (Å²) >= 11 is 0. The first-order valence-corrected chi connectivity index (χ1v) is 6.73. The van der Waals surface area contributed by atoms with E-state index in [-0.39, 0.29) is 11.8 Å². The summed E-state index contributed by atoms with van der Waals surface area (Å²) in [5.74, 6) is 0.208. The first kappa shape index (κ1) is 14.2. The third kappa shape index (κ3) is 4.16. The molecule has 1 unspecified atom stereocenters. The number of carbonyl (C=O) groups is 1. The van der Waals surface area contributed by atoms with Crippen LogP contribution >= 0.6 is 0 Å². The molecule has 0 saturated carbocycles. The van der Waals surface area contributed by atoms with Gasteiger partial charge in [-0.25, -0.2) is 4.79 Å². The zero-order valence-electron chi connectivity index (χ0n) is 11.5. The number of alkyl carbamates (subject to hydrolysis) is 1. The molecular weight excluding hydrogens is 254 g/mol. The number of phenols is 1. The van der Waals surface area contributed by atoms with Gasteiger partial charge in [0.25, 0.3) is 0 Å². The first-order valence-electron chi connectivity index (χ1n) is 6.73. The number of allylic oxidation sites excluding steroid dienone is 2. The number of carbonyl (C=O) groups excluding carboxylic acids is 1. The molecule has 0 aromatic heterocycles. The molecule has 0 aliphatic heterocycles. The Balaban J connectivity index is 1.80. The van der Waals surface area contributed by atoms with Crippen molar-refractivity contribution in [2.24, 2.45) is 0 Å². The maximum atomic E-state index is 11.7. The van der Waals surface area contributed by atoms with Crippen LogP contribution < -0.4 is 5.32 Å². The van der Waals surface area contributed by atoms with E-state index in [9.17, 15) is 9.90 Å². The van der Waals surface area contributed by atoms with Crippen LogP contribution in [0, 0.1) is 0 Å². The van der Waals surface area contributed by atoms with Crippen LogP contribution in [0.25, 0.3) is 0 Å². The van der Waals surface area contributed by atoms with Crippen LogP contribution in [0.2, 0.25) is 0 Å². The predicted octanol–water partition coefficient (Wildman–Crippen LogP) is 3.46. The van der Waals surface area contributed by atoms with E-state index in [0.717, 1.165) is 24.0 Å². The number of ether oxygens (including phenoxy) is 1. The monoisotopic (exact) mass is 273 g/mol. The van der Waals surface area contributed by atoms with Crippen molar-refractivity contribution in [3.63, 3.8) is 0 Å². The van der Waals surface area contributed by atoms with Crippen LogP contribution in [0.3, 0.4) is 0 Å². The van der Waals surface area contributed by atoms with E-state index in [1.54, 1.807) is 24.3 Å². The molecule has 0 fully saturated rings. The van der Waals surface area contributed by atoms with Crippen LogP contribution in [0.4, 0.5) is 4.79 Å². The minimum Gasteiger partial charge on any atom is -0.508 e. The van der Waals surface area contributed by atoms with E-state index < -0.39 is 6.09 Å². The largest absolute Gasteiger partial charge is 0.508 e. The van der Waals surface area contributed by atoms with Crippen molar-refractivity contribution in [3.8, 4) is 5.75 Å². The smallest absolute Gasteiger partial charge is 0.407 e. The number of phenolic OH excluding ortho intramolecular Hbond substituents is 1. The molecular formula is C16H19NO3. The Morgan fingerprint density at radius 3 is 2.75 bits per heavy atom. The minimum absolute atomic E-state index is 0.168. The highest BCUT2D eigenvalue weighted by Gasteiger charge is 2.11. The van der Waals surface area contributed by atoms with Crippen LogP contribution in [0.15, 0.2) is 48.1 Å². The fourth-order valence-corrected chi connectivity index (χ4v) is 1.99. The first-order chi connectivity index (χ1) is 9.65. The van der Waals surface area contributed by atoms with Crippen LogP contribution in [-0.2, 0) is 4.74 Å². The summed E-state index contributed by atoms with van der Waals surface area (Å²) < 4.78 is 5.18. The van der Waals surface area contributed by atoms with E-state index in [4.69, 9.17) is 4.74 Å². The Morgan fingerprint density at radius 2 is 2.10 bits per heavy atom. The molecule has 0 spiro atoms. The van der Waals surface area contributed by atoms with Gasteiger partial charge >= 0.3 is 6.09 Å². The quantitative estimate of drug-likeness (QED) is 0.883. The molecule has 4 nitrogen and oxygen atoms in total. The van der Waals surface area contributed by atoms with E-state index in [2.05, 4.69) is 17.5 Å².